The van der Waals surface area contributed by atoms with Crippen LogP contribution in [0.15, 0.2) is 18.2 Å². The van der Waals surface area contributed by atoms with Crippen molar-refractivity contribution in [1.29, 1.82) is 0 Å². The molecule has 1 aliphatic heterocycles. The number of aryl methyl sites for hydroxylation is 1. The van der Waals surface area contributed by atoms with Crippen LogP contribution in [0.25, 0.3) is 0 Å². The van der Waals surface area contributed by atoms with Crippen molar-refractivity contribution < 1.29 is 4.79 Å². The molecule has 0 bridgehead atoms. The van der Waals surface area contributed by atoms with Gasteiger partial charge in [-0.1, -0.05) is 17.7 Å². The van der Waals surface area contributed by atoms with E-state index < -0.39 is 0 Å². The van der Waals surface area contributed by atoms with Gasteiger partial charge in [0.05, 0.1) is 6.54 Å². The molecule has 1 fully saturated rings. The van der Waals surface area contributed by atoms with E-state index in [1.807, 2.05) is 26.1 Å². The zero-order valence-electron chi connectivity index (χ0n) is 13.2. The standard InChI is InChI=1S/C16H24ClN3O.ClH/c1-12-3-4-14(9-15(12)17)19-16(21)11-20-7-5-13(6-8-20)10-18-2;/h3-4,9,13,18H,5-8,10-11H2,1-2H3,(H,19,21);1H. The molecule has 0 saturated carbocycles. The Bertz CT molecular complexity index is 488. The Morgan fingerprint density at radius 1 is 1.36 bits per heavy atom. The summed E-state index contributed by atoms with van der Waals surface area (Å²) in [6.07, 6.45) is 2.31. The molecule has 0 unspecified atom stereocenters. The van der Waals surface area contributed by atoms with Gasteiger partial charge in [0, 0.05) is 10.7 Å². The van der Waals surface area contributed by atoms with Crippen molar-refractivity contribution in [3.05, 3.63) is 28.8 Å². The number of rotatable bonds is 5. The lowest BCUT2D eigenvalue weighted by molar-refractivity contribution is -0.117. The van der Waals surface area contributed by atoms with E-state index in [4.69, 9.17) is 11.6 Å². The number of piperidine rings is 1. The lowest BCUT2D eigenvalue weighted by Gasteiger charge is -2.31. The van der Waals surface area contributed by atoms with Crippen molar-refractivity contribution in [1.82, 2.24) is 10.2 Å². The molecule has 0 spiro atoms. The normalized spacial score (nSPS) is 16.1. The molecule has 0 radical (unpaired) electrons. The molecule has 2 rings (SSSR count). The first-order valence-electron chi connectivity index (χ1n) is 7.51. The van der Waals surface area contributed by atoms with Crippen molar-refractivity contribution in [3.63, 3.8) is 0 Å². The van der Waals surface area contributed by atoms with E-state index in [9.17, 15) is 4.79 Å². The summed E-state index contributed by atoms with van der Waals surface area (Å²) in [6, 6.07) is 5.60. The molecule has 4 nitrogen and oxygen atoms in total. The summed E-state index contributed by atoms with van der Waals surface area (Å²) in [5.74, 6) is 0.771. The van der Waals surface area contributed by atoms with E-state index in [0.717, 1.165) is 49.6 Å². The Morgan fingerprint density at radius 3 is 2.64 bits per heavy atom. The van der Waals surface area contributed by atoms with Gasteiger partial charge in [-0.05, 0) is 70.1 Å². The number of amides is 1. The van der Waals surface area contributed by atoms with E-state index in [1.165, 1.54) is 0 Å². The van der Waals surface area contributed by atoms with Gasteiger partial charge in [0.25, 0.3) is 0 Å². The van der Waals surface area contributed by atoms with Gasteiger partial charge >= 0.3 is 0 Å². The summed E-state index contributed by atoms with van der Waals surface area (Å²) in [5.41, 5.74) is 1.78. The second kappa shape index (κ2) is 9.36. The summed E-state index contributed by atoms with van der Waals surface area (Å²) < 4.78 is 0. The molecule has 1 aliphatic rings. The number of carbonyl (C=O) groups excluding carboxylic acids is 1. The summed E-state index contributed by atoms with van der Waals surface area (Å²) in [6.45, 7) is 5.46. The Balaban J connectivity index is 0.00000242. The molecule has 6 heteroatoms. The largest absolute Gasteiger partial charge is 0.325 e. The molecular formula is C16H25Cl2N3O. The Kier molecular flexibility index (Phi) is 8.18. The van der Waals surface area contributed by atoms with Gasteiger partial charge in [0.15, 0.2) is 0 Å². The minimum absolute atomic E-state index is 0. The van der Waals surface area contributed by atoms with E-state index in [0.29, 0.717) is 11.6 Å². The highest BCUT2D eigenvalue weighted by Crippen LogP contribution is 2.20. The lowest BCUT2D eigenvalue weighted by atomic mass is 9.97. The first-order chi connectivity index (χ1) is 10.1. The SMILES string of the molecule is CNCC1CCN(CC(=O)Nc2ccc(C)c(Cl)c2)CC1.Cl. The molecule has 0 atom stereocenters. The fraction of sp³-hybridized carbons (Fsp3) is 0.562. The summed E-state index contributed by atoms with van der Waals surface area (Å²) in [7, 11) is 1.99. The molecule has 0 aromatic heterocycles. The van der Waals surface area contributed by atoms with Crippen molar-refractivity contribution in [2.24, 2.45) is 5.92 Å². The highest BCUT2D eigenvalue weighted by atomic mass is 35.5. The highest BCUT2D eigenvalue weighted by molar-refractivity contribution is 6.31. The van der Waals surface area contributed by atoms with Gasteiger partial charge in [0.1, 0.15) is 0 Å². The molecule has 1 aromatic rings. The first-order valence-corrected chi connectivity index (χ1v) is 7.89. The molecule has 1 heterocycles. The number of likely N-dealkylation sites (tertiary alicyclic amines) is 1. The van der Waals surface area contributed by atoms with Gasteiger partial charge in [-0.2, -0.15) is 0 Å². The second-order valence-electron chi connectivity index (χ2n) is 5.79. The molecule has 1 amide bonds. The second-order valence-corrected chi connectivity index (χ2v) is 6.20. The minimum atomic E-state index is 0. The van der Waals surface area contributed by atoms with E-state index in [-0.39, 0.29) is 18.3 Å². The van der Waals surface area contributed by atoms with Crippen molar-refractivity contribution in [3.8, 4) is 0 Å². The monoisotopic (exact) mass is 345 g/mol. The van der Waals surface area contributed by atoms with Crippen LogP contribution in [0.1, 0.15) is 18.4 Å². The maximum Gasteiger partial charge on any atom is 0.238 e. The number of nitrogens with one attached hydrogen (secondary N) is 2. The molecule has 0 aliphatic carbocycles. The third kappa shape index (κ3) is 5.76. The Hall–Kier alpha value is -0.810. The van der Waals surface area contributed by atoms with Crippen LogP contribution in [-0.4, -0.2) is 44.0 Å². The maximum absolute atomic E-state index is 12.1. The number of hydrogen-bond donors (Lipinski definition) is 2. The minimum Gasteiger partial charge on any atom is -0.325 e. The average molecular weight is 346 g/mol. The van der Waals surface area contributed by atoms with E-state index in [2.05, 4.69) is 15.5 Å². The topological polar surface area (TPSA) is 44.4 Å². The molecular weight excluding hydrogens is 321 g/mol. The van der Waals surface area contributed by atoms with Crippen molar-refractivity contribution in [2.75, 3.05) is 38.5 Å². The third-order valence-electron chi connectivity index (χ3n) is 4.02. The molecule has 1 aromatic carbocycles. The average Bonchev–Trinajstić information content (AvgIpc) is 2.45. The number of nitrogens with zero attached hydrogens (tertiary/aromatic N) is 1. The third-order valence-corrected chi connectivity index (χ3v) is 4.43. The van der Waals surface area contributed by atoms with Crippen LogP contribution in [0.5, 0.6) is 0 Å². The van der Waals surface area contributed by atoms with Crippen LogP contribution in [0.2, 0.25) is 5.02 Å². The summed E-state index contributed by atoms with van der Waals surface area (Å²) in [4.78, 5) is 14.3. The van der Waals surface area contributed by atoms with Gasteiger partial charge < -0.3 is 10.6 Å². The van der Waals surface area contributed by atoms with Gasteiger partial charge in [0.2, 0.25) is 5.91 Å². The number of halogens is 2. The van der Waals surface area contributed by atoms with Crippen LogP contribution in [-0.2, 0) is 4.79 Å². The van der Waals surface area contributed by atoms with Crippen LogP contribution in [0.3, 0.4) is 0 Å². The van der Waals surface area contributed by atoms with Gasteiger partial charge in [-0.3, -0.25) is 9.69 Å². The highest BCUT2D eigenvalue weighted by Gasteiger charge is 2.20. The number of anilines is 1. The molecule has 124 valence electrons. The van der Waals surface area contributed by atoms with Gasteiger partial charge in [-0.25, -0.2) is 0 Å². The molecule has 22 heavy (non-hydrogen) atoms. The zero-order chi connectivity index (χ0) is 15.2. The van der Waals surface area contributed by atoms with Gasteiger partial charge in [-0.15, -0.1) is 12.4 Å². The van der Waals surface area contributed by atoms with E-state index >= 15 is 0 Å². The number of carbonyl (C=O) groups is 1. The Labute approximate surface area is 144 Å². The molecule has 1 saturated heterocycles. The predicted molar refractivity (Wildman–Crippen MR) is 95.2 cm³/mol. The predicted octanol–water partition coefficient (Wildman–Crippen LogP) is 2.94. The van der Waals surface area contributed by atoms with E-state index in [1.54, 1.807) is 6.07 Å². The van der Waals surface area contributed by atoms with Crippen molar-refractivity contribution >= 4 is 35.6 Å². The summed E-state index contributed by atoms with van der Waals surface area (Å²) in [5, 5.41) is 6.82. The zero-order valence-corrected chi connectivity index (χ0v) is 14.8. The quantitative estimate of drug-likeness (QED) is 0.862. The maximum atomic E-state index is 12.1. The fourth-order valence-corrected chi connectivity index (χ4v) is 2.89. The molecule has 2 N–H and O–H groups in total. The van der Waals surface area contributed by atoms with Crippen LogP contribution >= 0.6 is 24.0 Å². The van der Waals surface area contributed by atoms with Crippen LogP contribution in [0, 0.1) is 12.8 Å². The first kappa shape index (κ1) is 19.2. The lowest BCUT2D eigenvalue weighted by Crippen LogP contribution is -2.40. The van der Waals surface area contributed by atoms with Crippen molar-refractivity contribution in [2.45, 2.75) is 19.8 Å². The van der Waals surface area contributed by atoms with Crippen LogP contribution in [0.4, 0.5) is 5.69 Å². The smallest absolute Gasteiger partial charge is 0.238 e. The fourth-order valence-electron chi connectivity index (χ4n) is 2.71. The summed E-state index contributed by atoms with van der Waals surface area (Å²) >= 11 is 6.07. The number of benzene rings is 1. The van der Waals surface area contributed by atoms with Crippen LogP contribution < -0.4 is 10.6 Å². The number of hydrogen-bond acceptors (Lipinski definition) is 3. The Morgan fingerprint density at radius 2 is 2.05 bits per heavy atom.